The molecule has 1 N–H and O–H groups in total. The van der Waals surface area contributed by atoms with Gasteiger partial charge in [0.2, 0.25) is 0 Å². The second kappa shape index (κ2) is 5.84. The Balaban J connectivity index is 1.76. The molecule has 3 rings (SSSR count). The van der Waals surface area contributed by atoms with E-state index in [1.54, 1.807) is 6.07 Å². The Morgan fingerprint density at radius 1 is 1.23 bits per heavy atom. The zero-order chi connectivity index (χ0) is 15.5. The van der Waals surface area contributed by atoms with Gasteiger partial charge in [0.05, 0.1) is 29.4 Å². The molecule has 22 heavy (non-hydrogen) atoms. The lowest BCUT2D eigenvalue weighted by atomic mass is 10.1. The molecule has 0 fully saturated rings. The molecular formula is C16H13N3O3. The van der Waals surface area contributed by atoms with E-state index < -0.39 is 4.92 Å². The first-order valence-electron chi connectivity index (χ1n) is 6.78. The third-order valence-electron chi connectivity index (χ3n) is 3.60. The van der Waals surface area contributed by atoms with Crippen molar-refractivity contribution >= 4 is 11.4 Å². The van der Waals surface area contributed by atoms with Crippen molar-refractivity contribution in [1.82, 2.24) is 0 Å². The van der Waals surface area contributed by atoms with Gasteiger partial charge in [-0.25, -0.2) is 0 Å². The fraction of sp³-hybridized carbons (Fsp3) is 0.188. The largest absolute Gasteiger partial charge is 0.380 e. The highest BCUT2D eigenvalue weighted by Gasteiger charge is 2.12. The normalized spacial score (nSPS) is 12.5. The highest BCUT2D eigenvalue weighted by molar-refractivity contribution is 5.61. The molecule has 0 bridgehead atoms. The average Bonchev–Trinajstić information content (AvgIpc) is 3.00. The van der Waals surface area contributed by atoms with Crippen LogP contribution in [0.15, 0.2) is 36.4 Å². The number of nitrogens with one attached hydrogen (secondary N) is 1. The van der Waals surface area contributed by atoms with Gasteiger partial charge in [-0.1, -0.05) is 18.2 Å². The minimum atomic E-state index is -0.509. The molecule has 1 heterocycles. The van der Waals surface area contributed by atoms with E-state index in [0.29, 0.717) is 25.4 Å². The van der Waals surface area contributed by atoms with E-state index in [1.807, 2.05) is 18.2 Å². The SMILES string of the molecule is N#Cc1cc([N+](=O)[O-])ccc1NCc1ccc2c(c1)COC2. The Morgan fingerprint density at radius 2 is 2.05 bits per heavy atom. The highest BCUT2D eigenvalue weighted by Crippen LogP contribution is 2.24. The smallest absolute Gasteiger partial charge is 0.270 e. The summed E-state index contributed by atoms with van der Waals surface area (Å²) in [6.45, 7) is 1.83. The molecule has 0 radical (unpaired) electrons. The number of benzene rings is 2. The third-order valence-corrected chi connectivity index (χ3v) is 3.60. The van der Waals surface area contributed by atoms with Gasteiger partial charge in [-0.15, -0.1) is 0 Å². The molecular weight excluding hydrogens is 282 g/mol. The van der Waals surface area contributed by atoms with Gasteiger partial charge >= 0.3 is 0 Å². The molecule has 0 atom stereocenters. The number of nitrogens with zero attached hydrogens (tertiary/aromatic N) is 2. The Kier molecular flexibility index (Phi) is 3.73. The number of non-ortho nitro benzene ring substituents is 1. The van der Waals surface area contributed by atoms with Crippen molar-refractivity contribution in [3.8, 4) is 6.07 Å². The second-order valence-corrected chi connectivity index (χ2v) is 5.05. The van der Waals surface area contributed by atoms with E-state index in [1.165, 1.54) is 23.3 Å². The Hall–Kier alpha value is -2.91. The predicted octanol–water partition coefficient (Wildman–Crippen LogP) is 3.11. The molecule has 1 aliphatic rings. The number of hydrogen-bond acceptors (Lipinski definition) is 5. The van der Waals surface area contributed by atoms with E-state index in [9.17, 15) is 10.1 Å². The van der Waals surface area contributed by atoms with Gasteiger partial charge < -0.3 is 10.1 Å². The van der Waals surface area contributed by atoms with Crippen LogP contribution in [0.1, 0.15) is 22.3 Å². The lowest BCUT2D eigenvalue weighted by Crippen LogP contribution is -2.02. The number of nitro benzene ring substituents is 1. The van der Waals surface area contributed by atoms with Crippen molar-refractivity contribution in [2.24, 2.45) is 0 Å². The number of rotatable bonds is 4. The molecule has 0 aromatic heterocycles. The summed E-state index contributed by atoms with van der Waals surface area (Å²) < 4.78 is 5.38. The second-order valence-electron chi connectivity index (χ2n) is 5.05. The molecule has 2 aromatic carbocycles. The average molecular weight is 295 g/mol. The zero-order valence-corrected chi connectivity index (χ0v) is 11.7. The summed E-state index contributed by atoms with van der Waals surface area (Å²) in [7, 11) is 0. The summed E-state index contributed by atoms with van der Waals surface area (Å²) in [5, 5.41) is 23.0. The lowest BCUT2D eigenvalue weighted by molar-refractivity contribution is -0.384. The van der Waals surface area contributed by atoms with Gasteiger partial charge in [0, 0.05) is 18.7 Å². The number of hydrogen-bond donors (Lipinski definition) is 1. The Morgan fingerprint density at radius 3 is 2.82 bits per heavy atom. The standard InChI is InChI=1S/C16H13N3O3/c17-7-13-6-15(19(20)21)3-4-16(13)18-8-11-1-2-12-9-22-10-14(12)5-11/h1-6,18H,8-10H2. The van der Waals surface area contributed by atoms with Crippen molar-refractivity contribution in [3.05, 3.63) is 68.8 Å². The fourth-order valence-electron chi connectivity index (χ4n) is 2.43. The number of nitro groups is 1. The minimum Gasteiger partial charge on any atom is -0.380 e. The summed E-state index contributed by atoms with van der Waals surface area (Å²) in [4.78, 5) is 10.2. The quantitative estimate of drug-likeness (QED) is 0.691. The molecule has 2 aromatic rings. The van der Waals surface area contributed by atoms with E-state index >= 15 is 0 Å². The number of ether oxygens (including phenoxy) is 1. The topological polar surface area (TPSA) is 88.2 Å². The Labute approximate surface area is 127 Å². The maximum atomic E-state index is 10.7. The third kappa shape index (κ3) is 2.75. The molecule has 110 valence electrons. The molecule has 6 heteroatoms. The van der Waals surface area contributed by atoms with Crippen LogP contribution >= 0.6 is 0 Å². The molecule has 0 saturated heterocycles. The van der Waals surface area contributed by atoms with Crippen LogP contribution in [0, 0.1) is 21.4 Å². The number of anilines is 1. The molecule has 0 amide bonds. The van der Waals surface area contributed by atoms with E-state index in [2.05, 4.69) is 11.4 Å². The lowest BCUT2D eigenvalue weighted by Gasteiger charge is -2.09. The molecule has 6 nitrogen and oxygen atoms in total. The summed E-state index contributed by atoms with van der Waals surface area (Å²) >= 11 is 0. The Bertz CT molecular complexity index is 781. The summed E-state index contributed by atoms with van der Waals surface area (Å²) in [6, 6.07) is 12.3. The van der Waals surface area contributed by atoms with Gasteiger partial charge in [-0.3, -0.25) is 10.1 Å². The monoisotopic (exact) mass is 295 g/mol. The highest BCUT2D eigenvalue weighted by atomic mass is 16.6. The molecule has 0 saturated carbocycles. The van der Waals surface area contributed by atoms with Crippen LogP contribution in [0.3, 0.4) is 0 Å². The van der Waals surface area contributed by atoms with Crippen LogP contribution in [-0.2, 0) is 24.5 Å². The summed E-state index contributed by atoms with van der Waals surface area (Å²) in [6.07, 6.45) is 0. The van der Waals surface area contributed by atoms with Gasteiger partial charge in [0.15, 0.2) is 0 Å². The van der Waals surface area contributed by atoms with Gasteiger partial charge in [-0.05, 0) is 22.8 Å². The van der Waals surface area contributed by atoms with E-state index in [4.69, 9.17) is 10.00 Å². The van der Waals surface area contributed by atoms with Crippen molar-refractivity contribution in [2.45, 2.75) is 19.8 Å². The molecule has 0 aliphatic carbocycles. The molecule has 1 aliphatic heterocycles. The first-order chi connectivity index (χ1) is 10.7. The van der Waals surface area contributed by atoms with Crippen molar-refractivity contribution in [3.63, 3.8) is 0 Å². The van der Waals surface area contributed by atoms with Crippen molar-refractivity contribution < 1.29 is 9.66 Å². The van der Waals surface area contributed by atoms with Crippen molar-refractivity contribution in [2.75, 3.05) is 5.32 Å². The van der Waals surface area contributed by atoms with Crippen LogP contribution in [-0.4, -0.2) is 4.92 Å². The number of fused-ring (bicyclic) bond motifs is 1. The minimum absolute atomic E-state index is 0.0863. The van der Waals surface area contributed by atoms with Crippen LogP contribution in [0.2, 0.25) is 0 Å². The predicted molar refractivity (Wildman–Crippen MR) is 80.1 cm³/mol. The van der Waals surface area contributed by atoms with Gasteiger partial charge in [0.25, 0.3) is 5.69 Å². The maximum absolute atomic E-state index is 10.7. The molecule has 0 unspecified atom stereocenters. The van der Waals surface area contributed by atoms with Gasteiger partial charge in [0.1, 0.15) is 6.07 Å². The van der Waals surface area contributed by atoms with Crippen LogP contribution in [0.25, 0.3) is 0 Å². The van der Waals surface area contributed by atoms with Crippen LogP contribution in [0.4, 0.5) is 11.4 Å². The molecule has 0 spiro atoms. The van der Waals surface area contributed by atoms with Gasteiger partial charge in [-0.2, -0.15) is 5.26 Å². The van der Waals surface area contributed by atoms with Crippen molar-refractivity contribution in [1.29, 1.82) is 5.26 Å². The fourth-order valence-corrected chi connectivity index (χ4v) is 2.43. The van der Waals surface area contributed by atoms with Crippen LogP contribution < -0.4 is 5.32 Å². The summed E-state index contributed by atoms with van der Waals surface area (Å²) in [5.74, 6) is 0. The summed E-state index contributed by atoms with van der Waals surface area (Å²) in [5.41, 5.74) is 4.23. The zero-order valence-electron chi connectivity index (χ0n) is 11.7. The van der Waals surface area contributed by atoms with E-state index in [0.717, 1.165) is 5.56 Å². The van der Waals surface area contributed by atoms with E-state index in [-0.39, 0.29) is 11.3 Å². The van der Waals surface area contributed by atoms with Crippen LogP contribution in [0.5, 0.6) is 0 Å². The maximum Gasteiger partial charge on any atom is 0.270 e. The first-order valence-corrected chi connectivity index (χ1v) is 6.78. The number of nitriles is 1. The first kappa shape index (κ1) is 14.0.